The van der Waals surface area contributed by atoms with Crippen LogP contribution < -0.4 is 20.7 Å². The fourth-order valence-corrected chi connectivity index (χ4v) is 13.6. The number of aromatic nitrogens is 1. The van der Waals surface area contributed by atoms with Gasteiger partial charge in [-0.1, -0.05) is 41.9 Å². The van der Waals surface area contributed by atoms with Crippen LogP contribution in [0.4, 0.5) is 16.2 Å². The number of aryl methyl sites for hydroxylation is 1. The van der Waals surface area contributed by atoms with Gasteiger partial charge in [-0.25, -0.2) is 22.8 Å². The third-order valence-electron chi connectivity index (χ3n) is 13.5. The molecule has 4 amide bonds. The van der Waals surface area contributed by atoms with E-state index in [4.69, 9.17) is 25.8 Å². The van der Waals surface area contributed by atoms with Gasteiger partial charge in [0, 0.05) is 66.1 Å². The first kappa shape index (κ1) is 54.3. The molecule has 3 aliphatic rings. The first-order valence-electron chi connectivity index (χ1n) is 25.1. The largest absolute Gasteiger partial charge is 0.479 e. The number of fused-ring (bicyclic) bond motifs is 1. The number of nitrogens with zero attached hydrogens (tertiary/aromatic N) is 3. The monoisotopic (exact) mass is 1070 g/mol. The van der Waals surface area contributed by atoms with Gasteiger partial charge in [0.05, 0.1) is 10.6 Å². The minimum atomic E-state index is -3.79. The molecule has 16 nitrogen and oxygen atoms in total. The van der Waals surface area contributed by atoms with E-state index in [2.05, 4.69) is 34.1 Å². The summed E-state index contributed by atoms with van der Waals surface area (Å²) in [5.74, 6) is -1.72. The first-order valence-corrected chi connectivity index (χ1v) is 27.9. The summed E-state index contributed by atoms with van der Waals surface area (Å²) < 4.78 is 48.9. The summed E-state index contributed by atoms with van der Waals surface area (Å²) in [5, 5.41) is 10.3. The summed E-state index contributed by atoms with van der Waals surface area (Å²) in [7, 11) is -3.79. The van der Waals surface area contributed by atoms with Crippen molar-refractivity contribution in [2.75, 3.05) is 36.9 Å². The number of esters is 2. The molecule has 0 spiro atoms. The molecule has 0 saturated carbocycles. The molecule has 3 aliphatic heterocycles. The van der Waals surface area contributed by atoms with Gasteiger partial charge in [-0.2, -0.15) is 4.31 Å². The third kappa shape index (κ3) is 12.8. The minimum absolute atomic E-state index is 0.0364. The number of thiophene rings is 1. The van der Waals surface area contributed by atoms with Crippen molar-refractivity contribution in [3.63, 3.8) is 0 Å². The number of sulfonamides is 1. The van der Waals surface area contributed by atoms with E-state index >= 15 is 0 Å². The number of carbonyl (C=O) groups is 5. The molecular formula is C55H67ClN6O10S2. The van der Waals surface area contributed by atoms with E-state index in [1.54, 1.807) is 75.0 Å². The number of hydrogen-bond acceptors (Lipinski definition) is 12. The third-order valence-corrected chi connectivity index (χ3v) is 17.2. The fourth-order valence-electron chi connectivity index (χ4n) is 10.2. The molecule has 0 radical (unpaired) electrons. The number of hydrogen-bond donors (Lipinski definition) is 3. The molecule has 3 N–H and O–H groups in total. The number of ether oxygens (including phenoxy) is 3. The van der Waals surface area contributed by atoms with E-state index in [-0.39, 0.29) is 57.8 Å². The number of likely N-dealkylation sites (tertiary alicyclic amines) is 1. The predicted octanol–water partition coefficient (Wildman–Crippen LogP) is 10.6. The molecule has 74 heavy (non-hydrogen) atoms. The summed E-state index contributed by atoms with van der Waals surface area (Å²) in [6.07, 6.45) is 5.37. The predicted molar refractivity (Wildman–Crippen MR) is 288 cm³/mol. The number of piperidine rings is 3. The fraction of sp³-hybridized carbons (Fsp3) is 0.473. The van der Waals surface area contributed by atoms with Crippen LogP contribution >= 0.6 is 22.9 Å². The number of nitrogens with one attached hydrogen (secondary N) is 3. The van der Waals surface area contributed by atoms with Gasteiger partial charge in [0.1, 0.15) is 22.3 Å². The molecule has 3 aromatic carbocycles. The van der Waals surface area contributed by atoms with Crippen LogP contribution in [0, 0.1) is 6.92 Å². The van der Waals surface area contributed by atoms with Crippen LogP contribution in [-0.4, -0.2) is 101 Å². The molecule has 19 heteroatoms. The second kappa shape index (κ2) is 21.4. The van der Waals surface area contributed by atoms with Crippen molar-refractivity contribution >= 4 is 85.0 Å². The van der Waals surface area contributed by atoms with Gasteiger partial charge in [0.25, 0.3) is 0 Å². The summed E-state index contributed by atoms with van der Waals surface area (Å²) in [6, 6.07) is 20.2. The Kier molecular flexibility index (Phi) is 15.7. The van der Waals surface area contributed by atoms with Crippen LogP contribution in [0.5, 0.6) is 5.75 Å². The van der Waals surface area contributed by atoms with Crippen molar-refractivity contribution in [3.05, 3.63) is 99.5 Å². The minimum Gasteiger partial charge on any atom is -0.479 e. The van der Waals surface area contributed by atoms with Gasteiger partial charge >= 0.3 is 18.0 Å². The van der Waals surface area contributed by atoms with E-state index in [0.717, 1.165) is 46.3 Å². The lowest BCUT2D eigenvalue weighted by molar-refractivity contribution is -0.157. The summed E-state index contributed by atoms with van der Waals surface area (Å²) in [6.45, 7) is 17.3. The maximum absolute atomic E-state index is 14.2. The topological polar surface area (TPSA) is 195 Å². The lowest BCUT2D eigenvalue weighted by atomic mass is 9.88. The maximum Gasteiger partial charge on any atom is 0.352 e. The highest BCUT2D eigenvalue weighted by molar-refractivity contribution is 7.88. The zero-order chi connectivity index (χ0) is 53.5. The number of urea groups is 1. The second-order valence-corrected chi connectivity index (χ2v) is 25.5. The Hall–Kier alpha value is -5.95. The SMILES string of the molecule is Cc1cn(C2CCC(=O)NC2=O)c2ccc(C3CCN(C(=O)Nc4cccc(CS(=O)(=O)N5CC[C@H](Nc6cccc(-c7sc(C(=O)OC(C)(C)C)c(OCC(=O)OC(C)(C)C)c7Cl)c6)CC5(C)C)c4)CC3)cc12. The molecule has 0 aliphatic carbocycles. The Morgan fingerprint density at radius 2 is 1.58 bits per heavy atom. The molecule has 5 aromatic rings. The zero-order valence-electron chi connectivity index (χ0n) is 43.6. The zero-order valence-corrected chi connectivity index (χ0v) is 45.9. The Bertz CT molecular complexity index is 3090. The molecule has 3 saturated heterocycles. The second-order valence-electron chi connectivity index (χ2n) is 22.2. The Balaban J connectivity index is 0.862. The standard InChI is InChI=1S/C55H67ClN6O10S2/c1-33-30-61(43-18-19-44(63)59-50(43)65)42-17-16-36(28-41(33)42)35-20-23-60(24-21-35)52(67)58-38-14-10-12-34(26-38)32-74(68,69)62-25-22-40(29-55(62,8)9)57-39-15-11-13-37(27-39)48-46(56)47(70-31-45(64)71-53(2,3)4)49(73-48)51(66)72-54(5,6)7/h10-17,26-28,30,35,40,43,57H,18-25,29,31-32H2,1-9H3,(H,58,67)(H,59,63,65)/t40-,43?/m0/s1. The van der Waals surface area contributed by atoms with E-state index in [1.807, 2.05) is 55.8 Å². The number of benzene rings is 3. The van der Waals surface area contributed by atoms with E-state index < -0.39 is 51.4 Å². The lowest BCUT2D eigenvalue weighted by Gasteiger charge is -2.45. The van der Waals surface area contributed by atoms with Crippen LogP contribution in [0.25, 0.3) is 21.3 Å². The smallest absolute Gasteiger partial charge is 0.352 e. The van der Waals surface area contributed by atoms with Crippen LogP contribution in [0.15, 0.2) is 72.9 Å². The maximum atomic E-state index is 14.2. The summed E-state index contributed by atoms with van der Waals surface area (Å²) >= 11 is 8.03. The first-order chi connectivity index (χ1) is 34.7. The van der Waals surface area contributed by atoms with Gasteiger partial charge in [0.2, 0.25) is 21.8 Å². The van der Waals surface area contributed by atoms with E-state index in [9.17, 15) is 32.4 Å². The average molecular weight is 1070 g/mol. The highest BCUT2D eigenvalue weighted by atomic mass is 35.5. The number of halogens is 1. The van der Waals surface area contributed by atoms with Crippen LogP contribution in [0.2, 0.25) is 5.02 Å². The van der Waals surface area contributed by atoms with Crippen molar-refractivity contribution in [1.29, 1.82) is 0 Å². The van der Waals surface area contributed by atoms with Crippen LogP contribution in [-0.2, 0) is 39.6 Å². The number of anilines is 2. The molecule has 3 fully saturated rings. The van der Waals surface area contributed by atoms with Gasteiger partial charge in [-0.15, -0.1) is 11.3 Å². The molecule has 396 valence electrons. The van der Waals surface area contributed by atoms with Crippen LogP contribution in [0.1, 0.15) is 132 Å². The van der Waals surface area contributed by atoms with Crippen molar-refractivity contribution in [2.45, 2.75) is 141 Å². The summed E-state index contributed by atoms with van der Waals surface area (Å²) in [4.78, 5) is 66.4. The molecule has 2 atom stereocenters. The molecule has 2 aromatic heterocycles. The van der Waals surface area contributed by atoms with Crippen molar-refractivity contribution in [2.24, 2.45) is 0 Å². The van der Waals surface area contributed by atoms with Crippen LogP contribution in [0.3, 0.4) is 0 Å². The van der Waals surface area contributed by atoms with Gasteiger partial charge < -0.3 is 34.3 Å². The van der Waals surface area contributed by atoms with Gasteiger partial charge in [-0.3, -0.25) is 14.9 Å². The molecule has 8 rings (SSSR count). The quantitative estimate of drug-likeness (QED) is 0.0750. The highest BCUT2D eigenvalue weighted by Gasteiger charge is 2.42. The molecule has 1 unspecified atom stereocenters. The van der Waals surface area contributed by atoms with Crippen molar-refractivity contribution < 1.29 is 46.6 Å². The lowest BCUT2D eigenvalue weighted by Crippen LogP contribution is -2.55. The molecular weight excluding hydrogens is 1000 g/mol. The van der Waals surface area contributed by atoms with Gasteiger partial charge in [0.15, 0.2) is 17.2 Å². The highest BCUT2D eigenvalue weighted by Crippen LogP contribution is 2.47. The van der Waals surface area contributed by atoms with Crippen molar-refractivity contribution in [3.8, 4) is 16.2 Å². The molecule has 5 heterocycles. The van der Waals surface area contributed by atoms with Crippen molar-refractivity contribution in [1.82, 2.24) is 19.1 Å². The van der Waals surface area contributed by atoms with Gasteiger partial charge in [-0.05, 0) is 159 Å². The van der Waals surface area contributed by atoms with E-state index in [0.29, 0.717) is 60.5 Å². The van der Waals surface area contributed by atoms with E-state index in [1.165, 1.54) is 5.56 Å². The number of rotatable bonds is 13. The number of imide groups is 1. The molecule has 0 bridgehead atoms. The Morgan fingerprint density at radius 1 is 0.878 bits per heavy atom. The number of amides is 4. The average Bonchev–Trinajstić information content (AvgIpc) is 3.81. The summed E-state index contributed by atoms with van der Waals surface area (Å²) in [5.41, 5.74) is 3.48. The number of carbonyl (C=O) groups excluding carboxylic acids is 5. The normalized spacial score (nSPS) is 19.0. The Morgan fingerprint density at radius 3 is 2.27 bits per heavy atom. The Labute approximate surface area is 442 Å².